The first-order valence-corrected chi connectivity index (χ1v) is 6.60. The number of halogens is 1. The zero-order valence-corrected chi connectivity index (χ0v) is 12.3. The van der Waals surface area contributed by atoms with Gasteiger partial charge in [-0.05, 0) is 42.5 Å². The predicted molar refractivity (Wildman–Crippen MR) is 81.3 cm³/mol. The molecule has 0 radical (unpaired) electrons. The lowest BCUT2D eigenvalue weighted by molar-refractivity contribution is 0.0697. The van der Waals surface area contributed by atoms with Gasteiger partial charge in [-0.1, -0.05) is 15.9 Å². The topological polar surface area (TPSA) is 58.9 Å². The monoisotopic (exact) mass is 333 g/mol. The molecule has 0 spiro atoms. The van der Waals surface area contributed by atoms with Gasteiger partial charge in [0.25, 0.3) is 0 Å². The van der Waals surface area contributed by atoms with Gasteiger partial charge in [0.2, 0.25) is 0 Å². The molecule has 0 saturated heterocycles. The van der Waals surface area contributed by atoms with Crippen LogP contribution in [0.15, 0.2) is 51.9 Å². The molecule has 0 bridgehead atoms. The second-order valence-electron chi connectivity index (χ2n) is 4.00. The highest BCUT2D eigenvalue weighted by atomic mass is 79.9. The van der Waals surface area contributed by atoms with E-state index in [0.29, 0.717) is 5.69 Å². The van der Waals surface area contributed by atoms with Crippen molar-refractivity contribution in [2.24, 2.45) is 4.99 Å². The maximum atomic E-state index is 10.7. The van der Waals surface area contributed by atoms with Crippen LogP contribution < -0.4 is 4.74 Å². The molecule has 20 heavy (non-hydrogen) atoms. The number of methoxy groups -OCH3 is 1. The molecule has 0 heterocycles. The van der Waals surface area contributed by atoms with Crippen molar-refractivity contribution in [2.75, 3.05) is 7.11 Å². The SMILES string of the molecule is COc1ccc(Br)c(C=Nc2ccc(C(=O)O)cc2)c1. The molecule has 0 amide bonds. The highest BCUT2D eigenvalue weighted by Gasteiger charge is 2.02. The van der Waals surface area contributed by atoms with Crippen molar-refractivity contribution >= 4 is 33.8 Å². The fourth-order valence-electron chi connectivity index (χ4n) is 1.58. The standard InChI is InChI=1S/C15H12BrNO3/c1-20-13-6-7-14(16)11(8-13)9-17-12-4-2-10(3-5-12)15(18)19/h2-9H,1H3,(H,18,19). The van der Waals surface area contributed by atoms with E-state index in [-0.39, 0.29) is 5.56 Å². The summed E-state index contributed by atoms with van der Waals surface area (Å²) in [4.78, 5) is 15.1. The van der Waals surface area contributed by atoms with E-state index in [4.69, 9.17) is 9.84 Å². The fourth-order valence-corrected chi connectivity index (χ4v) is 1.93. The first kappa shape index (κ1) is 14.3. The van der Waals surface area contributed by atoms with Gasteiger partial charge in [-0.2, -0.15) is 0 Å². The van der Waals surface area contributed by atoms with Crippen LogP contribution in [0.1, 0.15) is 15.9 Å². The molecule has 2 aromatic carbocycles. The highest BCUT2D eigenvalue weighted by molar-refractivity contribution is 9.10. The average molecular weight is 334 g/mol. The zero-order valence-electron chi connectivity index (χ0n) is 10.7. The molecular formula is C15H12BrNO3. The molecule has 102 valence electrons. The van der Waals surface area contributed by atoms with Gasteiger partial charge in [0.15, 0.2) is 0 Å². The first-order valence-electron chi connectivity index (χ1n) is 5.81. The molecule has 2 rings (SSSR count). The van der Waals surface area contributed by atoms with E-state index < -0.39 is 5.97 Å². The molecule has 0 fully saturated rings. The van der Waals surface area contributed by atoms with Gasteiger partial charge < -0.3 is 9.84 Å². The van der Waals surface area contributed by atoms with Gasteiger partial charge in [0.1, 0.15) is 5.75 Å². The van der Waals surface area contributed by atoms with Crippen molar-refractivity contribution in [1.29, 1.82) is 0 Å². The summed E-state index contributed by atoms with van der Waals surface area (Å²) in [5, 5.41) is 8.82. The number of ether oxygens (including phenoxy) is 1. The number of rotatable bonds is 4. The van der Waals surface area contributed by atoms with Gasteiger partial charge in [-0.3, -0.25) is 4.99 Å². The third-order valence-electron chi connectivity index (χ3n) is 2.67. The van der Waals surface area contributed by atoms with Gasteiger partial charge in [0, 0.05) is 16.3 Å². The minimum atomic E-state index is -0.948. The minimum Gasteiger partial charge on any atom is -0.497 e. The molecule has 1 N–H and O–H groups in total. The summed E-state index contributed by atoms with van der Waals surface area (Å²) in [5.74, 6) is -0.202. The van der Waals surface area contributed by atoms with E-state index in [0.717, 1.165) is 15.8 Å². The Morgan fingerprint density at radius 2 is 1.95 bits per heavy atom. The molecule has 4 nitrogen and oxygen atoms in total. The maximum Gasteiger partial charge on any atom is 0.335 e. The van der Waals surface area contributed by atoms with Crippen molar-refractivity contribution in [3.8, 4) is 5.75 Å². The lowest BCUT2D eigenvalue weighted by atomic mass is 10.2. The van der Waals surface area contributed by atoms with Crippen LogP contribution in [0.3, 0.4) is 0 Å². The van der Waals surface area contributed by atoms with Crippen molar-refractivity contribution < 1.29 is 14.6 Å². The molecule has 0 unspecified atom stereocenters. The molecule has 2 aromatic rings. The molecule has 0 aliphatic heterocycles. The Kier molecular flexibility index (Phi) is 4.53. The second kappa shape index (κ2) is 6.34. The van der Waals surface area contributed by atoms with Crippen LogP contribution in [0.25, 0.3) is 0 Å². The number of nitrogens with zero attached hydrogens (tertiary/aromatic N) is 1. The lowest BCUT2D eigenvalue weighted by Gasteiger charge is -2.03. The highest BCUT2D eigenvalue weighted by Crippen LogP contribution is 2.22. The van der Waals surface area contributed by atoms with Crippen molar-refractivity contribution in [1.82, 2.24) is 0 Å². The first-order chi connectivity index (χ1) is 9.60. The van der Waals surface area contributed by atoms with Crippen molar-refractivity contribution in [3.05, 3.63) is 58.1 Å². The Morgan fingerprint density at radius 3 is 2.55 bits per heavy atom. The summed E-state index contributed by atoms with van der Waals surface area (Å²) >= 11 is 3.44. The Bertz CT molecular complexity index is 651. The smallest absolute Gasteiger partial charge is 0.335 e. The Balaban J connectivity index is 2.22. The average Bonchev–Trinajstić information content (AvgIpc) is 2.47. The Morgan fingerprint density at radius 1 is 1.25 bits per heavy atom. The third-order valence-corrected chi connectivity index (χ3v) is 3.39. The second-order valence-corrected chi connectivity index (χ2v) is 4.85. The summed E-state index contributed by atoms with van der Waals surface area (Å²) in [6.45, 7) is 0. The van der Waals surface area contributed by atoms with E-state index in [9.17, 15) is 4.79 Å². The van der Waals surface area contributed by atoms with Crippen LogP contribution in [0.2, 0.25) is 0 Å². The summed E-state index contributed by atoms with van der Waals surface area (Å²) < 4.78 is 6.06. The largest absolute Gasteiger partial charge is 0.497 e. The van der Waals surface area contributed by atoms with E-state index in [1.165, 1.54) is 12.1 Å². The number of aliphatic imine (C=N–C) groups is 1. The summed E-state index contributed by atoms with van der Waals surface area (Å²) in [6, 6.07) is 12.0. The van der Waals surface area contributed by atoms with E-state index in [2.05, 4.69) is 20.9 Å². The van der Waals surface area contributed by atoms with Gasteiger partial charge >= 0.3 is 5.97 Å². The molecule has 0 aliphatic rings. The van der Waals surface area contributed by atoms with E-state index >= 15 is 0 Å². The molecule has 0 saturated carbocycles. The van der Waals surface area contributed by atoms with Crippen LogP contribution >= 0.6 is 15.9 Å². The van der Waals surface area contributed by atoms with Gasteiger partial charge in [-0.15, -0.1) is 0 Å². The number of carboxylic acids is 1. The van der Waals surface area contributed by atoms with Crippen LogP contribution in [0, 0.1) is 0 Å². The summed E-state index contributed by atoms with van der Waals surface area (Å²) in [7, 11) is 1.61. The fraction of sp³-hybridized carbons (Fsp3) is 0.0667. The van der Waals surface area contributed by atoms with E-state index in [1.54, 1.807) is 25.5 Å². The molecule has 0 aromatic heterocycles. The minimum absolute atomic E-state index is 0.242. The summed E-state index contributed by atoms with van der Waals surface area (Å²) in [5.41, 5.74) is 1.81. The zero-order chi connectivity index (χ0) is 14.5. The van der Waals surface area contributed by atoms with Crippen LogP contribution in [0.4, 0.5) is 5.69 Å². The number of carboxylic acid groups (broad SMARTS) is 1. The van der Waals surface area contributed by atoms with Gasteiger partial charge in [-0.25, -0.2) is 4.79 Å². The maximum absolute atomic E-state index is 10.7. The molecule has 5 heteroatoms. The van der Waals surface area contributed by atoms with Crippen molar-refractivity contribution in [2.45, 2.75) is 0 Å². The van der Waals surface area contributed by atoms with Gasteiger partial charge in [0.05, 0.1) is 18.4 Å². The normalized spacial score (nSPS) is 10.7. The Labute approximate surface area is 124 Å². The third kappa shape index (κ3) is 3.45. The quantitative estimate of drug-likeness (QED) is 0.863. The molecular weight excluding hydrogens is 322 g/mol. The summed E-state index contributed by atoms with van der Waals surface area (Å²) in [6.07, 6.45) is 1.70. The lowest BCUT2D eigenvalue weighted by Crippen LogP contribution is -1.94. The van der Waals surface area contributed by atoms with Crippen LogP contribution in [0.5, 0.6) is 5.75 Å². The number of hydrogen-bond acceptors (Lipinski definition) is 3. The molecule has 0 atom stereocenters. The Hall–Kier alpha value is -2.14. The van der Waals surface area contributed by atoms with Crippen molar-refractivity contribution in [3.63, 3.8) is 0 Å². The van der Waals surface area contributed by atoms with Crippen LogP contribution in [-0.2, 0) is 0 Å². The van der Waals surface area contributed by atoms with Crippen LogP contribution in [-0.4, -0.2) is 24.4 Å². The number of carbonyl (C=O) groups is 1. The number of hydrogen-bond donors (Lipinski definition) is 1. The number of aromatic carboxylic acids is 1. The predicted octanol–water partition coefficient (Wildman–Crippen LogP) is 3.91. The molecule has 0 aliphatic carbocycles. The van der Waals surface area contributed by atoms with E-state index in [1.807, 2.05) is 18.2 Å². The number of benzene rings is 2.